The zero-order valence-electron chi connectivity index (χ0n) is 13.2. The first kappa shape index (κ1) is 18.6. The molecule has 0 aliphatic heterocycles. The zero-order valence-corrected chi connectivity index (χ0v) is 14.1. The predicted octanol–water partition coefficient (Wildman–Crippen LogP) is 3.35. The molecule has 132 valence electrons. The van der Waals surface area contributed by atoms with Gasteiger partial charge in [0.2, 0.25) is 0 Å². The molecule has 2 rings (SSSR count). The van der Waals surface area contributed by atoms with Crippen molar-refractivity contribution >= 4 is 13.8 Å². The fraction of sp³-hybridized carbons (Fsp3) is 0.118. The highest BCUT2D eigenvalue weighted by molar-refractivity contribution is 7.48. The Labute approximate surface area is 145 Å². The first-order valence-electron chi connectivity index (χ1n) is 7.27. The third-order valence-electron chi connectivity index (χ3n) is 2.77. The highest BCUT2D eigenvalue weighted by atomic mass is 31.2. The standard InChI is InChI=1S/C17H17O7P/c1-2-17(18)22-13-12-21-14-8-10-16(11-9-14)24-25(19,20)23-15-6-4-3-5-7-15/h2-11H,1,12-13H2,(H,19,20). The van der Waals surface area contributed by atoms with Crippen LogP contribution >= 0.6 is 7.82 Å². The van der Waals surface area contributed by atoms with Gasteiger partial charge in [-0.25, -0.2) is 9.36 Å². The van der Waals surface area contributed by atoms with Gasteiger partial charge in [0.1, 0.15) is 30.5 Å². The maximum absolute atomic E-state index is 12.0. The van der Waals surface area contributed by atoms with Crippen LogP contribution in [0.25, 0.3) is 0 Å². The van der Waals surface area contributed by atoms with Crippen LogP contribution < -0.4 is 13.8 Å². The molecule has 0 saturated carbocycles. The second-order valence-corrected chi connectivity index (χ2v) is 5.96. The molecule has 7 nitrogen and oxygen atoms in total. The molecule has 2 aromatic carbocycles. The van der Waals surface area contributed by atoms with Gasteiger partial charge in [-0.05, 0) is 36.4 Å². The van der Waals surface area contributed by atoms with Gasteiger partial charge in [-0.1, -0.05) is 24.8 Å². The van der Waals surface area contributed by atoms with Crippen molar-refractivity contribution in [3.05, 3.63) is 67.3 Å². The lowest BCUT2D eigenvalue weighted by Crippen LogP contribution is -2.10. The molecule has 0 bridgehead atoms. The summed E-state index contributed by atoms with van der Waals surface area (Å²) in [6.45, 7) is 3.53. The Bertz CT molecular complexity index is 743. The summed E-state index contributed by atoms with van der Waals surface area (Å²) in [5.41, 5.74) is 0. The highest BCUT2D eigenvalue weighted by Gasteiger charge is 2.24. The van der Waals surface area contributed by atoms with Gasteiger partial charge in [0.25, 0.3) is 0 Å². The summed E-state index contributed by atoms with van der Waals surface area (Å²) in [7, 11) is -4.30. The third-order valence-corrected chi connectivity index (χ3v) is 3.65. The number of esters is 1. The SMILES string of the molecule is C=CC(=O)OCCOc1ccc(OP(=O)(O)Oc2ccccc2)cc1. The smallest absolute Gasteiger partial charge is 0.490 e. The maximum atomic E-state index is 12.0. The van der Waals surface area contributed by atoms with E-state index in [0.717, 1.165) is 6.08 Å². The fourth-order valence-corrected chi connectivity index (χ4v) is 2.54. The van der Waals surface area contributed by atoms with E-state index in [4.69, 9.17) is 18.5 Å². The molecule has 0 radical (unpaired) electrons. The Balaban J connectivity index is 1.84. The summed E-state index contributed by atoms with van der Waals surface area (Å²) in [4.78, 5) is 20.6. The lowest BCUT2D eigenvalue weighted by Gasteiger charge is -2.14. The molecule has 0 heterocycles. The molecule has 0 fully saturated rings. The van der Waals surface area contributed by atoms with Gasteiger partial charge >= 0.3 is 13.8 Å². The zero-order chi connectivity index (χ0) is 18.1. The largest absolute Gasteiger partial charge is 0.584 e. The Hall–Kier alpha value is -2.76. The second-order valence-electron chi connectivity index (χ2n) is 4.66. The topological polar surface area (TPSA) is 91.3 Å². The van der Waals surface area contributed by atoms with Gasteiger partial charge in [0.05, 0.1) is 0 Å². The van der Waals surface area contributed by atoms with Crippen LogP contribution in [-0.4, -0.2) is 24.1 Å². The second kappa shape index (κ2) is 8.92. The molecule has 0 aliphatic rings. The molecule has 8 heteroatoms. The minimum Gasteiger partial charge on any atom is -0.490 e. The minimum atomic E-state index is -4.30. The van der Waals surface area contributed by atoms with Crippen molar-refractivity contribution in [2.75, 3.05) is 13.2 Å². The third kappa shape index (κ3) is 6.71. The number of carbonyl (C=O) groups excluding carboxylic acids is 1. The number of hydrogen-bond donors (Lipinski definition) is 1. The number of carbonyl (C=O) groups is 1. The molecule has 25 heavy (non-hydrogen) atoms. The average molecular weight is 364 g/mol. The Morgan fingerprint density at radius 1 is 0.960 bits per heavy atom. The van der Waals surface area contributed by atoms with Crippen molar-refractivity contribution in [1.29, 1.82) is 0 Å². The highest BCUT2D eigenvalue weighted by Crippen LogP contribution is 2.44. The van der Waals surface area contributed by atoms with Crippen LogP contribution in [0.2, 0.25) is 0 Å². The molecule has 0 aromatic heterocycles. The average Bonchev–Trinajstić information content (AvgIpc) is 2.60. The van der Waals surface area contributed by atoms with Gasteiger partial charge in [-0.2, -0.15) is 0 Å². The van der Waals surface area contributed by atoms with Crippen LogP contribution in [0.3, 0.4) is 0 Å². The Morgan fingerprint density at radius 2 is 1.52 bits per heavy atom. The van der Waals surface area contributed by atoms with Crippen LogP contribution in [-0.2, 0) is 14.1 Å². The number of para-hydroxylation sites is 1. The number of hydrogen-bond acceptors (Lipinski definition) is 6. The molecule has 0 saturated heterocycles. The van der Waals surface area contributed by atoms with Crippen LogP contribution in [0.4, 0.5) is 0 Å². The summed E-state index contributed by atoms with van der Waals surface area (Å²) >= 11 is 0. The van der Waals surface area contributed by atoms with Crippen molar-refractivity contribution in [1.82, 2.24) is 0 Å². The van der Waals surface area contributed by atoms with Crippen molar-refractivity contribution in [3.8, 4) is 17.2 Å². The van der Waals surface area contributed by atoms with Gasteiger partial charge in [0.15, 0.2) is 0 Å². The normalized spacial score (nSPS) is 12.5. The maximum Gasteiger partial charge on any atom is 0.584 e. The van der Waals surface area contributed by atoms with Gasteiger partial charge in [0, 0.05) is 6.08 Å². The minimum absolute atomic E-state index is 0.0832. The number of phosphoric ester groups is 1. The number of ether oxygens (including phenoxy) is 2. The van der Waals surface area contributed by atoms with Crippen LogP contribution in [0.5, 0.6) is 17.2 Å². The fourth-order valence-electron chi connectivity index (χ4n) is 1.72. The summed E-state index contributed by atoms with van der Waals surface area (Å²) in [6, 6.07) is 14.2. The van der Waals surface area contributed by atoms with E-state index in [2.05, 4.69) is 6.58 Å². The number of phosphoric acid groups is 1. The summed E-state index contributed by atoms with van der Waals surface area (Å²) < 4.78 is 32.0. The van der Waals surface area contributed by atoms with Gasteiger partial charge in [-0.3, -0.25) is 4.89 Å². The van der Waals surface area contributed by atoms with E-state index >= 15 is 0 Å². The molecular formula is C17H17O7P. The van der Waals surface area contributed by atoms with Crippen LogP contribution in [0, 0.1) is 0 Å². The van der Waals surface area contributed by atoms with E-state index in [0.29, 0.717) is 5.75 Å². The van der Waals surface area contributed by atoms with E-state index in [1.54, 1.807) is 42.5 Å². The molecule has 1 unspecified atom stereocenters. The van der Waals surface area contributed by atoms with E-state index in [1.807, 2.05) is 0 Å². The van der Waals surface area contributed by atoms with Crippen LogP contribution in [0.1, 0.15) is 0 Å². The molecule has 1 atom stereocenters. The Morgan fingerprint density at radius 3 is 2.12 bits per heavy atom. The molecule has 1 N–H and O–H groups in total. The quantitative estimate of drug-likeness (QED) is 0.316. The molecule has 0 spiro atoms. The molecule has 0 amide bonds. The van der Waals surface area contributed by atoms with E-state index in [9.17, 15) is 14.3 Å². The molecule has 0 aliphatic carbocycles. The first-order valence-corrected chi connectivity index (χ1v) is 8.77. The van der Waals surface area contributed by atoms with E-state index < -0.39 is 13.8 Å². The van der Waals surface area contributed by atoms with E-state index in [-0.39, 0.29) is 24.7 Å². The molecule has 2 aromatic rings. The summed E-state index contributed by atoms with van der Waals surface area (Å²) in [5.74, 6) is 0.331. The summed E-state index contributed by atoms with van der Waals surface area (Å²) in [5, 5.41) is 0. The number of benzene rings is 2. The van der Waals surface area contributed by atoms with Gasteiger partial charge in [-0.15, -0.1) is 0 Å². The summed E-state index contributed by atoms with van der Waals surface area (Å²) in [6.07, 6.45) is 1.07. The first-order chi connectivity index (χ1) is 12.0. The van der Waals surface area contributed by atoms with Crippen molar-refractivity contribution in [3.63, 3.8) is 0 Å². The van der Waals surface area contributed by atoms with Crippen LogP contribution in [0.15, 0.2) is 67.3 Å². The van der Waals surface area contributed by atoms with Crippen molar-refractivity contribution in [2.24, 2.45) is 0 Å². The lowest BCUT2D eigenvalue weighted by atomic mass is 10.3. The Kier molecular flexibility index (Phi) is 6.62. The lowest BCUT2D eigenvalue weighted by molar-refractivity contribution is -0.138. The molecular weight excluding hydrogens is 347 g/mol. The van der Waals surface area contributed by atoms with Crippen molar-refractivity contribution < 1.29 is 32.8 Å². The van der Waals surface area contributed by atoms with Gasteiger partial charge < -0.3 is 18.5 Å². The number of rotatable bonds is 9. The van der Waals surface area contributed by atoms with Crippen molar-refractivity contribution in [2.45, 2.75) is 0 Å². The monoisotopic (exact) mass is 364 g/mol. The predicted molar refractivity (Wildman–Crippen MR) is 90.6 cm³/mol. The van der Waals surface area contributed by atoms with E-state index in [1.165, 1.54) is 12.1 Å².